The van der Waals surface area contributed by atoms with E-state index in [0.29, 0.717) is 0 Å². The molecule has 1 fully saturated rings. The summed E-state index contributed by atoms with van der Waals surface area (Å²) >= 11 is 0. The second kappa shape index (κ2) is 11.9. The highest BCUT2D eigenvalue weighted by Crippen LogP contribution is 2.33. The molecule has 1 heterocycles. The Morgan fingerprint density at radius 2 is 1.51 bits per heavy atom. The Balaban J connectivity index is 1.66. The van der Waals surface area contributed by atoms with E-state index in [-0.39, 0.29) is 11.9 Å². The van der Waals surface area contributed by atoms with Gasteiger partial charge in [0.1, 0.15) is 0 Å². The minimum absolute atomic E-state index is 0.0960. The number of piperidine rings is 1. The molecule has 4 rings (SSSR count). The molecule has 2 N–H and O–H groups in total. The van der Waals surface area contributed by atoms with Gasteiger partial charge in [-0.05, 0) is 93.2 Å². The van der Waals surface area contributed by atoms with Crippen LogP contribution in [0.2, 0.25) is 0 Å². The van der Waals surface area contributed by atoms with Gasteiger partial charge < -0.3 is 15.5 Å². The Kier molecular flexibility index (Phi) is 8.38. The van der Waals surface area contributed by atoms with Crippen LogP contribution in [0.3, 0.4) is 0 Å². The number of hydrogen-bond donors (Lipinski definition) is 2. The fourth-order valence-corrected chi connectivity index (χ4v) is 4.87. The van der Waals surface area contributed by atoms with Crippen molar-refractivity contribution in [2.45, 2.75) is 39.7 Å². The molecule has 1 atom stereocenters. The Bertz CT molecular complexity index is 1140. The number of rotatable bonds is 8. The number of benzene rings is 3. The molecule has 35 heavy (non-hydrogen) atoms. The predicted octanol–water partition coefficient (Wildman–Crippen LogP) is 6.53. The monoisotopic (exact) mass is 467 g/mol. The number of amides is 1. The summed E-state index contributed by atoms with van der Waals surface area (Å²) in [5, 5.41) is 7.15. The maximum Gasteiger partial charge on any atom is 0.253 e. The third kappa shape index (κ3) is 6.01. The lowest BCUT2D eigenvalue weighted by atomic mass is 9.88. The van der Waals surface area contributed by atoms with E-state index in [0.717, 1.165) is 50.3 Å². The molecule has 0 spiro atoms. The minimum Gasteiger partial charge on any atom is -0.379 e. The molecular weight excluding hydrogens is 430 g/mol. The zero-order valence-electron chi connectivity index (χ0n) is 21.2. The third-order valence-corrected chi connectivity index (χ3v) is 6.87. The first-order valence-corrected chi connectivity index (χ1v) is 12.8. The smallest absolute Gasteiger partial charge is 0.253 e. The van der Waals surface area contributed by atoms with Gasteiger partial charge in [-0.3, -0.25) is 4.79 Å². The first kappa shape index (κ1) is 24.7. The van der Waals surface area contributed by atoms with Gasteiger partial charge >= 0.3 is 0 Å². The second-order valence-corrected chi connectivity index (χ2v) is 9.14. The first-order valence-electron chi connectivity index (χ1n) is 12.8. The van der Waals surface area contributed by atoms with Gasteiger partial charge in [0.25, 0.3) is 5.91 Å². The fraction of sp³-hybridized carbons (Fsp3) is 0.323. The summed E-state index contributed by atoms with van der Waals surface area (Å²) in [6.45, 7) is 9.69. The molecule has 1 aliphatic rings. The molecule has 3 aromatic carbocycles. The maximum atomic E-state index is 12.8. The van der Waals surface area contributed by atoms with Crippen molar-refractivity contribution in [2.24, 2.45) is 0 Å². The van der Waals surface area contributed by atoms with Crippen molar-refractivity contribution in [1.82, 2.24) is 10.2 Å². The summed E-state index contributed by atoms with van der Waals surface area (Å²) in [5.74, 6) is 0.0960. The minimum atomic E-state index is 0.0960. The zero-order chi connectivity index (χ0) is 24.6. The molecule has 0 saturated carbocycles. The summed E-state index contributed by atoms with van der Waals surface area (Å²) in [6.07, 6.45) is 2.07. The molecule has 0 aliphatic carbocycles. The van der Waals surface area contributed by atoms with Crippen LogP contribution in [0.1, 0.15) is 66.7 Å². The van der Waals surface area contributed by atoms with E-state index in [1.165, 1.54) is 27.8 Å². The van der Waals surface area contributed by atoms with Gasteiger partial charge in [0.2, 0.25) is 0 Å². The zero-order valence-corrected chi connectivity index (χ0v) is 21.2. The molecule has 182 valence electrons. The first-order chi connectivity index (χ1) is 17.1. The van der Waals surface area contributed by atoms with Crippen LogP contribution in [0.15, 0.2) is 84.4 Å². The van der Waals surface area contributed by atoms with Crippen molar-refractivity contribution in [3.8, 4) is 0 Å². The van der Waals surface area contributed by atoms with Gasteiger partial charge in [-0.1, -0.05) is 60.2 Å². The van der Waals surface area contributed by atoms with Gasteiger partial charge in [0.15, 0.2) is 0 Å². The van der Waals surface area contributed by atoms with Crippen LogP contribution in [0.25, 0.3) is 5.57 Å². The van der Waals surface area contributed by atoms with E-state index in [1.807, 2.05) is 30.9 Å². The Morgan fingerprint density at radius 1 is 0.857 bits per heavy atom. The molecule has 4 heteroatoms. The molecule has 0 unspecified atom stereocenters. The summed E-state index contributed by atoms with van der Waals surface area (Å²) in [4.78, 5) is 14.7. The van der Waals surface area contributed by atoms with Gasteiger partial charge in [-0.2, -0.15) is 0 Å². The van der Waals surface area contributed by atoms with Gasteiger partial charge in [0, 0.05) is 30.4 Å². The number of carbonyl (C=O) groups excluding carboxylic acids is 1. The Hall–Kier alpha value is -3.37. The molecule has 4 nitrogen and oxygen atoms in total. The van der Waals surface area contributed by atoms with Crippen LogP contribution in [0.5, 0.6) is 0 Å². The third-order valence-electron chi connectivity index (χ3n) is 6.87. The van der Waals surface area contributed by atoms with Crippen LogP contribution >= 0.6 is 0 Å². The molecule has 1 amide bonds. The van der Waals surface area contributed by atoms with E-state index in [2.05, 4.69) is 84.3 Å². The van der Waals surface area contributed by atoms with Gasteiger partial charge in [0.05, 0.1) is 0 Å². The highest BCUT2D eigenvalue weighted by Gasteiger charge is 2.17. The summed E-state index contributed by atoms with van der Waals surface area (Å²) < 4.78 is 0. The molecular formula is C31H37N3O. The highest BCUT2D eigenvalue weighted by molar-refractivity contribution is 5.95. The molecule has 0 bridgehead atoms. The van der Waals surface area contributed by atoms with E-state index >= 15 is 0 Å². The van der Waals surface area contributed by atoms with Crippen molar-refractivity contribution in [3.63, 3.8) is 0 Å². The van der Waals surface area contributed by atoms with Crippen molar-refractivity contribution in [1.29, 1.82) is 0 Å². The number of carbonyl (C=O) groups is 1. The molecule has 1 aliphatic heterocycles. The number of hydrogen-bond acceptors (Lipinski definition) is 3. The number of anilines is 1. The quantitative estimate of drug-likeness (QED) is 0.396. The lowest BCUT2D eigenvalue weighted by Crippen LogP contribution is -2.30. The maximum absolute atomic E-state index is 12.8. The summed E-state index contributed by atoms with van der Waals surface area (Å²) in [7, 11) is 0. The lowest BCUT2D eigenvalue weighted by Gasteiger charge is -2.23. The molecule has 0 radical (unpaired) electrons. The fourth-order valence-electron chi connectivity index (χ4n) is 4.87. The van der Waals surface area contributed by atoms with Crippen LogP contribution in [0, 0.1) is 0 Å². The SMILES string of the molecule is CCN(CC)C(=O)c1ccc(C(=C2CCNCC2)c2cccc(N[C@@H](C)c3ccccc3)c2)cc1. The average Bonchev–Trinajstić information content (AvgIpc) is 2.91. The van der Waals surface area contributed by atoms with Crippen LogP contribution < -0.4 is 10.6 Å². The summed E-state index contributed by atoms with van der Waals surface area (Å²) in [5.41, 5.74) is 8.28. The molecule has 3 aromatic rings. The van der Waals surface area contributed by atoms with Gasteiger partial charge in [-0.25, -0.2) is 0 Å². The topological polar surface area (TPSA) is 44.4 Å². The van der Waals surface area contributed by atoms with Crippen LogP contribution in [-0.4, -0.2) is 37.0 Å². The van der Waals surface area contributed by atoms with Crippen molar-refractivity contribution in [3.05, 3.63) is 107 Å². The number of nitrogens with one attached hydrogen (secondary N) is 2. The van der Waals surface area contributed by atoms with E-state index in [4.69, 9.17) is 0 Å². The Labute approximate surface area is 210 Å². The number of nitrogens with zero attached hydrogens (tertiary/aromatic N) is 1. The summed E-state index contributed by atoms with van der Waals surface area (Å²) in [6, 6.07) is 27.7. The van der Waals surface area contributed by atoms with Crippen LogP contribution in [-0.2, 0) is 0 Å². The second-order valence-electron chi connectivity index (χ2n) is 9.14. The molecule has 0 aromatic heterocycles. The van der Waals surface area contributed by atoms with E-state index in [1.54, 1.807) is 0 Å². The van der Waals surface area contributed by atoms with Crippen molar-refractivity contribution in [2.75, 3.05) is 31.5 Å². The van der Waals surface area contributed by atoms with Crippen molar-refractivity contribution < 1.29 is 4.79 Å². The van der Waals surface area contributed by atoms with Crippen LogP contribution in [0.4, 0.5) is 5.69 Å². The standard InChI is InChI=1S/C31H37N3O/c1-4-34(5-2)31(35)27-16-14-25(15-17-27)30(26-18-20-32-21-19-26)28-12-9-13-29(22-28)33-23(3)24-10-7-6-8-11-24/h6-17,22-23,32-33H,4-5,18-21H2,1-3H3/t23-/m0/s1. The van der Waals surface area contributed by atoms with Gasteiger partial charge in [-0.15, -0.1) is 0 Å². The lowest BCUT2D eigenvalue weighted by molar-refractivity contribution is 0.0773. The predicted molar refractivity (Wildman–Crippen MR) is 147 cm³/mol. The largest absolute Gasteiger partial charge is 0.379 e. The average molecular weight is 468 g/mol. The van der Waals surface area contributed by atoms with E-state index < -0.39 is 0 Å². The van der Waals surface area contributed by atoms with Crippen molar-refractivity contribution >= 4 is 17.2 Å². The Morgan fingerprint density at radius 3 is 2.17 bits per heavy atom. The normalized spacial score (nSPS) is 14.3. The highest BCUT2D eigenvalue weighted by atomic mass is 16.2. The van der Waals surface area contributed by atoms with E-state index in [9.17, 15) is 4.79 Å². The molecule has 1 saturated heterocycles.